The fourth-order valence-electron chi connectivity index (χ4n) is 4.28. The predicted octanol–water partition coefficient (Wildman–Crippen LogP) is 5.22. The third-order valence-corrected chi connectivity index (χ3v) is 8.30. The van der Waals surface area contributed by atoms with Crippen LogP contribution < -0.4 is 9.62 Å². The van der Waals surface area contributed by atoms with E-state index < -0.39 is 34.3 Å². The molecule has 0 heterocycles. The van der Waals surface area contributed by atoms with Crippen LogP contribution in [0.4, 0.5) is 10.1 Å². The Balaban J connectivity index is 2.04. The predicted molar refractivity (Wildman–Crippen MR) is 156 cm³/mol. The third-order valence-electron chi connectivity index (χ3n) is 6.51. The fraction of sp³-hybridized carbons (Fsp3) is 0.355. The van der Waals surface area contributed by atoms with Crippen LogP contribution in [0.2, 0.25) is 0 Å². The Bertz CT molecular complexity index is 1410. The van der Waals surface area contributed by atoms with Crippen molar-refractivity contribution in [2.24, 2.45) is 5.92 Å². The van der Waals surface area contributed by atoms with Crippen molar-refractivity contribution < 1.29 is 22.4 Å². The average Bonchev–Trinajstić information content (AvgIpc) is 2.91. The maximum atomic E-state index is 14.0. The molecule has 214 valence electrons. The molecule has 0 aromatic heterocycles. The zero-order valence-corrected chi connectivity index (χ0v) is 24.5. The number of sulfonamides is 1. The first-order valence-electron chi connectivity index (χ1n) is 13.4. The summed E-state index contributed by atoms with van der Waals surface area (Å²) in [6.45, 7) is 9.37. The smallest absolute Gasteiger partial charge is 0.264 e. The first-order chi connectivity index (χ1) is 18.9. The lowest BCUT2D eigenvalue weighted by atomic mass is 10.1. The Morgan fingerprint density at radius 1 is 0.925 bits per heavy atom. The fourth-order valence-corrected chi connectivity index (χ4v) is 5.68. The summed E-state index contributed by atoms with van der Waals surface area (Å²) in [7, 11) is -4.13. The van der Waals surface area contributed by atoms with Crippen LogP contribution in [0.15, 0.2) is 77.7 Å². The van der Waals surface area contributed by atoms with Crippen LogP contribution in [0.5, 0.6) is 0 Å². The molecule has 0 radical (unpaired) electrons. The minimum atomic E-state index is -4.13. The molecule has 2 amide bonds. The minimum absolute atomic E-state index is 0.0129. The van der Waals surface area contributed by atoms with Gasteiger partial charge in [0.15, 0.2) is 0 Å². The Hall–Kier alpha value is -3.72. The molecule has 0 saturated carbocycles. The molecule has 3 aromatic rings. The summed E-state index contributed by atoms with van der Waals surface area (Å²) in [5.41, 5.74) is 2.69. The third kappa shape index (κ3) is 7.91. The van der Waals surface area contributed by atoms with Crippen LogP contribution in [-0.4, -0.2) is 44.3 Å². The molecule has 3 aromatic carbocycles. The van der Waals surface area contributed by atoms with Crippen LogP contribution in [0.25, 0.3) is 0 Å². The highest BCUT2D eigenvalue weighted by atomic mass is 32.2. The molecule has 0 aliphatic carbocycles. The van der Waals surface area contributed by atoms with Crippen molar-refractivity contribution in [3.8, 4) is 0 Å². The molecular weight excluding hydrogens is 529 g/mol. The number of hydrogen-bond acceptors (Lipinski definition) is 4. The maximum Gasteiger partial charge on any atom is 0.264 e. The van der Waals surface area contributed by atoms with Crippen molar-refractivity contribution in [3.05, 3.63) is 95.3 Å². The van der Waals surface area contributed by atoms with Crippen LogP contribution in [0, 0.1) is 25.6 Å². The Morgan fingerprint density at radius 3 is 2.15 bits per heavy atom. The van der Waals surface area contributed by atoms with Gasteiger partial charge in [-0.3, -0.25) is 13.9 Å². The molecule has 0 unspecified atom stereocenters. The first-order valence-corrected chi connectivity index (χ1v) is 14.8. The molecule has 0 spiro atoms. The lowest BCUT2D eigenvalue weighted by molar-refractivity contribution is -0.140. The summed E-state index contributed by atoms with van der Waals surface area (Å²) >= 11 is 0. The number of nitrogens with one attached hydrogen (secondary N) is 1. The van der Waals surface area contributed by atoms with Crippen molar-refractivity contribution >= 4 is 27.5 Å². The van der Waals surface area contributed by atoms with Gasteiger partial charge in [-0.25, -0.2) is 12.8 Å². The Morgan fingerprint density at radius 2 is 1.57 bits per heavy atom. The van der Waals surface area contributed by atoms with Gasteiger partial charge in [0.1, 0.15) is 18.4 Å². The van der Waals surface area contributed by atoms with E-state index in [1.54, 1.807) is 49.4 Å². The average molecular weight is 568 g/mol. The SMILES string of the molecule is CC[C@H](C(=O)NCC(C)C)N(Cc1ccc(F)cc1)C(=O)CN(c1cccc(C)c1)S(=O)(=O)c1ccc(C)cc1. The molecule has 1 N–H and O–H groups in total. The molecule has 0 bridgehead atoms. The lowest BCUT2D eigenvalue weighted by Gasteiger charge is -2.33. The van der Waals surface area contributed by atoms with Crippen molar-refractivity contribution in [2.45, 2.75) is 58.5 Å². The lowest BCUT2D eigenvalue weighted by Crippen LogP contribution is -2.52. The highest BCUT2D eigenvalue weighted by Gasteiger charge is 2.33. The van der Waals surface area contributed by atoms with E-state index in [9.17, 15) is 22.4 Å². The van der Waals surface area contributed by atoms with Gasteiger partial charge >= 0.3 is 0 Å². The molecule has 0 saturated heterocycles. The number of hydrogen-bond donors (Lipinski definition) is 1. The molecule has 1 atom stereocenters. The monoisotopic (exact) mass is 567 g/mol. The number of rotatable bonds is 12. The number of carbonyl (C=O) groups excluding carboxylic acids is 2. The summed E-state index contributed by atoms with van der Waals surface area (Å²) in [6.07, 6.45) is 0.312. The van der Waals surface area contributed by atoms with Gasteiger partial charge in [0.2, 0.25) is 11.8 Å². The zero-order valence-electron chi connectivity index (χ0n) is 23.7. The molecule has 0 aliphatic heterocycles. The summed E-state index contributed by atoms with van der Waals surface area (Å²) < 4.78 is 42.5. The number of halogens is 1. The topological polar surface area (TPSA) is 86.8 Å². The van der Waals surface area contributed by atoms with Gasteiger partial charge in [0.25, 0.3) is 10.0 Å². The van der Waals surface area contributed by atoms with E-state index in [1.807, 2.05) is 33.8 Å². The van der Waals surface area contributed by atoms with Gasteiger partial charge in [0.05, 0.1) is 10.6 Å². The quantitative estimate of drug-likeness (QED) is 0.325. The summed E-state index contributed by atoms with van der Waals surface area (Å²) in [4.78, 5) is 28.7. The molecule has 3 rings (SSSR count). The number of nitrogens with zero attached hydrogens (tertiary/aromatic N) is 2. The van der Waals surface area contributed by atoms with E-state index in [1.165, 1.54) is 29.2 Å². The highest BCUT2D eigenvalue weighted by Crippen LogP contribution is 2.26. The van der Waals surface area contributed by atoms with Gasteiger partial charge in [-0.05, 0) is 73.7 Å². The standard InChI is InChI=1S/C31H38FN3O4S/c1-6-29(31(37)33-19-22(2)3)34(20-25-12-14-26(32)15-13-25)30(36)21-35(27-9-7-8-24(5)18-27)40(38,39)28-16-10-23(4)11-17-28/h7-18,22,29H,6,19-21H2,1-5H3,(H,33,37)/t29-/m1/s1. The van der Waals surface area contributed by atoms with Crippen LogP contribution in [-0.2, 0) is 26.2 Å². The number of amides is 2. The maximum absolute atomic E-state index is 14.0. The summed E-state index contributed by atoms with van der Waals surface area (Å²) in [5, 5.41) is 2.89. The molecule has 0 fully saturated rings. The van der Waals surface area contributed by atoms with E-state index in [0.29, 0.717) is 24.2 Å². The van der Waals surface area contributed by atoms with Crippen LogP contribution >= 0.6 is 0 Å². The second-order valence-corrected chi connectivity index (χ2v) is 12.2. The van der Waals surface area contributed by atoms with E-state index >= 15 is 0 Å². The van der Waals surface area contributed by atoms with E-state index in [2.05, 4.69) is 5.32 Å². The van der Waals surface area contributed by atoms with Gasteiger partial charge in [-0.1, -0.05) is 62.7 Å². The van der Waals surface area contributed by atoms with E-state index in [4.69, 9.17) is 0 Å². The van der Waals surface area contributed by atoms with Gasteiger partial charge < -0.3 is 10.2 Å². The molecule has 9 heteroatoms. The van der Waals surface area contributed by atoms with Crippen molar-refractivity contribution in [2.75, 3.05) is 17.4 Å². The Labute approximate surface area is 237 Å². The minimum Gasteiger partial charge on any atom is -0.354 e. The van der Waals surface area contributed by atoms with Crippen LogP contribution in [0.3, 0.4) is 0 Å². The van der Waals surface area contributed by atoms with Gasteiger partial charge in [-0.15, -0.1) is 0 Å². The number of carbonyl (C=O) groups is 2. The summed E-state index contributed by atoms with van der Waals surface area (Å²) in [5.74, 6) is -1.08. The highest BCUT2D eigenvalue weighted by molar-refractivity contribution is 7.92. The molecule has 40 heavy (non-hydrogen) atoms. The largest absolute Gasteiger partial charge is 0.354 e. The van der Waals surface area contributed by atoms with Crippen molar-refractivity contribution in [3.63, 3.8) is 0 Å². The second kappa shape index (κ2) is 13.6. The first kappa shape index (κ1) is 30.8. The molecular formula is C31H38FN3O4S. The van der Waals surface area contributed by atoms with Crippen molar-refractivity contribution in [1.29, 1.82) is 0 Å². The zero-order chi connectivity index (χ0) is 29.4. The number of benzene rings is 3. The van der Waals surface area contributed by atoms with Crippen LogP contribution in [0.1, 0.15) is 43.9 Å². The molecule has 7 nitrogen and oxygen atoms in total. The number of aryl methyl sites for hydroxylation is 2. The van der Waals surface area contributed by atoms with Gasteiger partial charge in [-0.2, -0.15) is 0 Å². The summed E-state index contributed by atoms with van der Waals surface area (Å²) in [6, 6.07) is 18.2. The van der Waals surface area contributed by atoms with E-state index in [-0.39, 0.29) is 23.3 Å². The Kier molecular flexibility index (Phi) is 10.5. The van der Waals surface area contributed by atoms with Crippen molar-refractivity contribution in [1.82, 2.24) is 10.2 Å². The van der Waals surface area contributed by atoms with Gasteiger partial charge in [0, 0.05) is 13.1 Å². The number of anilines is 1. The van der Waals surface area contributed by atoms with E-state index in [0.717, 1.165) is 15.4 Å². The normalized spacial score (nSPS) is 12.2. The second-order valence-electron chi connectivity index (χ2n) is 10.4. The molecule has 0 aliphatic rings.